The molecule has 0 amide bonds. The van der Waals surface area contributed by atoms with Crippen LogP contribution in [-0.4, -0.2) is 30.9 Å². The number of aryl methyl sites for hydroxylation is 2. The number of hydrogen-bond donors (Lipinski definition) is 0. The van der Waals surface area contributed by atoms with Crippen LogP contribution in [0.4, 0.5) is 0 Å². The van der Waals surface area contributed by atoms with Crippen LogP contribution >= 0.6 is 11.8 Å². The molecule has 0 saturated heterocycles. The van der Waals surface area contributed by atoms with E-state index < -0.39 is 0 Å². The predicted octanol–water partition coefficient (Wildman–Crippen LogP) is 5.02. The Hall–Kier alpha value is -3.12. The first kappa shape index (κ1) is 20.2. The third kappa shape index (κ3) is 4.09. The van der Waals surface area contributed by atoms with E-state index in [1.54, 1.807) is 6.33 Å². The van der Waals surface area contributed by atoms with E-state index in [-0.39, 0.29) is 5.78 Å². The van der Waals surface area contributed by atoms with Crippen molar-refractivity contribution in [2.45, 2.75) is 32.5 Å². The number of thioether (sulfide) groups is 1. The lowest BCUT2D eigenvalue weighted by atomic mass is 10.2. The van der Waals surface area contributed by atoms with Gasteiger partial charge < -0.3 is 4.57 Å². The lowest BCUT2D eigenvalue weighted by Gasteiger charge is -2.10. The zero-order valence-electron chi connectivity index (χ0n) is 17.4. The van der Waals surface area contributed by atoms with Crippen molar-refractivity contribution in [3.05, 3.63) is 95.1 Å². The Kier molecular flexibility index (Phi) is 5.86. The van der Waals surface area contributed by atoms with Crippen molar-refractivity contribution < 1.29 is 4.79 Å². The van der Waals surface area contributed by atoms with E-state index in [0.717, 1.165) is 39.9 Å². The molecule has 5 nitrogen and oxygen atoms in total. The van der Waals surface area contributed by atoms with Gasteiger partial charge in [0.15, 0.2) is 10.9 Å². The maximum absolute atomic E-state index is 13.0. The highest BCUT2D eigenvalue weighted by Crippen LogP contribution is 2.24. The molecule has 0 radical (unpaired) electrons. The molecule has 0 unspecified atom stereocenters. The molecule has 0 aliphatic rings. The minimum absolute atomic E-state index is 0.103. The van der Waals surface area contributed by atoms with Gasteiger partial charge in [-0.15, -0.1) is 10.2 Å². The van der Waals surface area contributed by atoms with Crippen molar-refractivity contribution in [2.24, 2.45) is 0 Å². The summed E-state index contributed by atoms with van der Waals surface area (Å²) in [6.07, 6.45) is 1.70. The van der Waals surface area contributed by atoms with Crippen molar-refractivity contribution in [1.82, 2.24) is 19.3 Å². The number of hydrogen-bond acceptors (Lipinski definition) is 4. The van der Waals surface area contributed by atoms with Gasteiger partial charge in [0.05, 0.1) is 11.4 Å². The molecule has 0 aliphatic carbocycles. The van der Waals surface area contributed by atoms with Gasteiger partial charge in [-0.25, -0.2) is 0 Å². The summed E-state index contributed by atoms with van der Waals surface area (Å²) in [4.78, 5) is 13.0. The van der Waals surface area contributed by atoms with Gasteiger partial charge in [0.1, 0.15) is 6.33 Å². The van der Waals surface area contributed by atoms with E-state index in [4.69, 9.17) is 0 Å². The summed E-state index contributed by atoms with van der Waals surface area (Å²) in [5.41, 5.74) is 6.25. The molecule has 4 aromatic rings. The average Bonchev–Trinajstić information content (AvgIpc) is 3.33. The molecular weight excluding hydrogens is 392 g/mol. The Morgan fingerprint density at radius 3 is 2.50 bits per heavy atom. The maximum Gasteiger partial charge on any atom is 0.196 e. The van der Waals surface area contributed by atoms with Crippen LogP contribution in [0.3, 0.4) is 0 Å². The van der Waals surface area contributed by atoms with Crippen LogP contribution in [-0.2, 0) is 6.54 Å². The van der Waals surface area contributed by atoms with Crippen LogP contribution in [0, 0.1) is 20.8 Å². The Morgan fingerprint density at radius 1 is 1.00 bits per heavy atom. The lowest BCUT2D eigenvalue weighted by Crippen LogP contribution is -2.08. The molecule has 0 bridgehead atoms. The summed E-state index contributed by atoms with van der Waals surface area (Å²) >= 11 is 1.42. The van der Waals surface area contributed by atoms with E-state index >= 15 is 0 Å². The maximum atomic E-state index is 13.0. The summed E-state index contributed by atoms with van der Waals surface area (Å²) in [6, 6.07) is 20.4. The van der Waals surface area contributed by atoms with E-state index in [0.29, 0.717) is 5.75 Å². The molecule has 0 atom stereocenters. The highest BCUT2D eigenvalue weighted by atomic mass is 32.2. The molecule has 152 valence electrons. The van der Waals surface area contributed by atoms with E-state index in [1.807, 2.05) is 54.0 Å². The Bertz CT molecular complexity index is 1180. The third-order valence-corrected chi connectivity index (χ3v) is 6.22. The first-order valence-electron chi connectivity index (χ1n) is 9.87. The van der Waals surface area contributed by atoms with Gasteiger partial charge in [-0.1, -0.05) is 60.3 Å². The smallest absolute Gasteiger partial charge is 0.196 e. The molecule has 0 aliphatic heterocycles. The van der Waals surface area contributed by atoms with Gasteiger partial charge in [-0.3, -0.25) is 9.36 Å². The summed E-state index contributed by atoms with van der Waals surface area (Å²) in [7, 11) is 0. The Labute approximate surface area is 180 Å². The van der Waals surface area contributed by atoms with Gasteiger partial charge in [0.25, 0.3) is 0 Å². The van der Waals surface area contributed by atoms with Crippen molar-refractivity contribution in [1.29, 1.82) is 0 Å². The summed E-state index contributed by atoms with van der Waals surface area (Å²) < 4.78 is 4.13. The van der Waals surface area contributed by atoms with Crippen LogP contribution in [0.25, 0.3) is 5.69 Å². The zero-order valence-corrected chi connectivity index (χ0v) is 18.2. The van der Waals surface area contributed by atoms with E-state index in [1.165, 1.54) is 17.3 Å². The normalized spacial score (nSPS) is 11.0. The molecule has 0 fully saturated rings. The average molecular weight is 417 g/mol. The first-order chi connectivity index (χ1) is 14.5. The first-order valence-corrected chi connectivity index (χ1v) is 10.9. The summed E-state index contributed by atoms with van der Waals surface area (Å²) in [5, 5.41) is 8.99. The van der Waals surface area contributed by atoms with Crippen LogP contribution < -0.4 is 0 Å². The van der Waals surface area contributed by atoms with E-state index in [2.05, 4.69) is 46.8 Å². The molecule has 2 heterocycles. The fraction of sp³-hybridized carbons (Fsp3) is 0.208. The number of aromatic nitrogens is 4. The lowest BCUT2D eigenvalue weighted by molar-refractivity contribution is 0.102. The molecule has 30 heavy (non-hydrogen) atoms. The van der Waals surface area contributed by atoms with Crippen molar-refractivity contribution in [3.63, 3.8) is 0 Å². The van der Waals surface area contributed by atoms with Crippen molar-refractivity contribution >= 4 is 17.5 Å². The fourth-order valence-electron chi connectivity index (χ4n) is 3.62. The summed E-state index contributed by atoms with van der Waals surface area (Å²) in [5.74, 6) is 0.423. The minimum Gasteiger partial charge on any atom is -0.344 e. The number of benzene rings is 2. The van der Waals surface area contributed by atoms with Gasteiger partial charge in [-0.05, 0) is 44.0 Å². The largest absolute Gasteiger partial charge is 0.344 e. The standard InChI is InChI=1S/C24H24N4OS/c1-17-9-7-8-12-22(17)28-16-25-26-24(28)30-15-23(29)21-13-18(2)27(19(21)3)14-20-10-5-4-6-11-20/h4-13,16H,14-15H2,1-3H3. The third-order valence-electron chi connectivity index (χ3n) is 5.28. The number of carbonyl (C=O) groups excluding carboxylic acids is 1. The highest BCUT2D eigenvalue weighted by Gasteiger charge is 2.18. The highest BCUT2D eigenvalue weighted by molar-refractivity contribution is 7.99. The second-order valence-corrected chi connectivity index (χ2v) is 8.28. The topological polar surface area (TPSA) is 52.7 Å². The number of rotatable bonds is 7. The second-order valence-electron chi connectivity index (χ2n) is 7.34. The molecule has 2 aromatic heterocycles. The minimum atomic E-state index is 0.103. The molecule has 2 aromatic carbocycles. The molecule has 0 spiro atoms. The van der Waals surface area contributed by atoms with Crippen molar-refractivity contribution in [2.75, 3.05) is 5.75 Å². The number of carbonyl (C=O) groups is 1. The molecular formula is C24H24N4OS. The number of nitrogens with zero attached hydrogens (tertiary/aromatic N) is 4. The zero-order chi connectivity index (χ0) is 21.1. The van der Waals surface area contributed by atoms with Crippen LogP contribution in [0.2, 0.25) is 0 Å². The number of ketones is 1. The predicted molar refractivity (Wildman–Crippen MR) is 121 cm³/mol. The molecule has 6 heteroatoms. The molecule has 4 rings (SSSR count). The Balaban J connectivity index is 1.50. The van der Waals surface area contributed by atoms with Crippen molar-refractivity contribution in [3.8, 4) is 5.69 Å². The van der Waals surface area contributed by atoms with Gasteiger partial charge in [0.2, 0.25) is 0 Å². The Morgan fingerprint density at radius 2 is 1.73 bits per heavy atom. The monoisotopic (exact) mass is 416 g/mol. The van der Waals surface area contributed by atoms with Crippen LogP contribution in [0.5, 0.6) is 0 Å². The quantitative estimate of drug-likeness (QED) is 0.314. The summed E-state index contributed by atoms with van der Waals surface area (Å²) in [6.45, 7) is 6.88. The van der Waals surface area contributed by atoms with Crippen LogP contribution in [0.15, 0.2) is 72.1 Å². The number of para-hydroxylation sites is 1. The van der Waals surface area contributed by atoms with Gasteiger partial charge in [0, 0.05) is 23.5 Å². The molecule has 0 N–H and O–H groups in total. The van der Waals surface area contributed by atoms with Gasteiger partial charge in [-0.2, -0.15) is 0 Å². The van der Waals surface area contributed by atoms with Gasteiger partial charge >= 0.3 is 0 Å². The number of Topliss-reactive ketones (excluding diaryl/α,β-unsaturated/α-hetero) is 1. The van der Waals surface area contributed by atoms with Crippen LogP contribution in [0.1, 0.15) is 32.9 Å². The fourth-order valence-corrected chi connectivity index (χ4v) is 4.43. The van der Waals surface area contributed by atoms with E-state index in [9.17, 15) is 4.79 Å². The SMILES string of the molecule is Cc1ccccc1-n1cnnc1SCC(=O)c1cc(C)n(Cc2ccccc2)c1C. The molecule has 0 saturated carbocycles. The second kappa shape index (κ2) is 8.71.